The number of quaternary nitrogens is 1. The molecule has 1 fully saturated rings. The minimum absolute atomic E-state index is 0.167. The van der Waals surface area contributed by atoms with E-state index in [4.69, 9.17) is 9.47 Å². The zero-order chi connectivity index (χ0) is 14.5. The molecule has 2 aromatic rings. The van der Waals surface area contributed by atoms with Gasteiger partial charge in [0.1, 0.15) is 13.1 Å². The third-order valence-corrected chi connectivity index (χ3v) is 4.63. The van der Waals surface area contributed by atoms with E-state index in [1.54, 1.807) is 18.4 Å². The lowest BCUT2D eigenvalue weighted by molar-refractivity contribution is -0.933. The van der Waals surface area contributed by atoms with Crippen LogP contribution < -0.4 is 4.90 Å². The van der Waals surface area contributed by atoms with Crippen LogP contribution in [0, 0.1) is 0 Å². The molecule has 1 saturated heterocycles. The number of methoxy groups -OCH3 is 1. The van der Waals surface area contributed by atoms with Crippen molar-refractivity contribution in [2.24, 2.45) is 0 Å². The lowest BCUT2D eigenvalue weighted by Gasteiger charge is -2.30. The summed E-state index contributed by atoms with van der Waals surface area (Å²) in [4.78, 5) is 2.75. The third kappa shape index (κ3) is 3.29. The largest absolute Gasteiger partial charge is 0.383 e. The van der Waals surface area contributed by atoms with E-state index < -0.39 is 0 Å². The van der Waals surface area contributed by atoms with Crippen LogP contribution in [0.15, 0.2) is 17.5 Å². The maximum atomic E-state index is 5.48. The van der Waals surface area contributed by atoms with Crippen LogP contribution in [0.5, 0.6) is 0 Å². The van der Waals surface area contributed by atoms with Gasteiger partial charge < -0.3 is 14.4 Å². The van der Waals surface area contributed by atoms with Crippen molar-refractivity contribution in [2.75, 3.05) is 40.0 Å². The summed E-state index contributed by atoms with van der Waals surface area (Å²) in [5.74, 6) is 0.909. The number of hydrogen-bond acceptors (Lipinski definition) is 6. The molecule has 0 amide bonds. The molecule has 3 heterocycles. The van der Waals surface area contributed by atoms with Gasteiger partial charge in [-0.1, -0.05) is 6.07 Å². The topological polar surface area (TPSA) is 66.5 Å². The Morgan fingerprint density at radius 1 is 1.48 bits per heavy atom. The van der Waals surface area contributed by atoms with Crippen molar-refractivity contribution in [3.63, 3.8) is 0 Å². The second-order valence-electron chi connectivity index (χ2n) is 4.97. The second-order valence-corrected chi connectivity index (χ2v) is 5.95. The molecule has 3 rings (SSSR count). The van der Waals surface area contributed by atoms with E-state index in [-0.39, 0.29) is 6.04 Å². The van der Waals surface area contributed by atoms with Gasteiger partial charge in [-0.2, -0.15) is 0 Å². The number of rotatable bonds is 6. The fraction of sp³-hybridized carbons (Fsp3) is 0.615. The Hall–Kier alpha value is -1.35. The van der Waals surface area contributed by atoms with Gasteiger partial charge in [0, 0.05) is 7.11 Å². The number of nitrogens with one attached hydrogen (secondary N) is 1. The van der Waals surface area contributed by atoms with Gasteiger partial charge in [-0.3, -0.25) is 0 Å². The predicted molar refractivity (Wildman–Crippen MR) is 77.4 cm³/mol. The highest BCUT2D eigenvalue weighted by atomic mass is 32.1. The Kier molecular flexibility index (Phi) is 4.91. The zero-order valence-electron chi connectivity index (χ0n) is 12.1. The molecule has 0 saturated carbocycles. The first-order valence-electron chi connectivity index (χ1n) is 7.11. The lowest BCUT2D eigenvalue weighted by Crippen LogP contribution is -3.14. The normalized spacial score (nSPS) is 18.0. The molecule has 0 spiro atoms. The SMILES string of the molecule is COCCn1nnnc1[C@@H](c1cccs1)[NH+]1CCOCC1. The number of aromatic nitrogens is 4. The maximum absolute atomic E-state index is 5.48. The Bertz CT molecular complexity index is 539. The number of thiophene rings is 1. The van der Waals surface area contributed by atoms with Gasteiger partial charge in [-0.15, -0.1) is 16.4 Å². The molecule has 114 valence electrons. The van der Waals surface area contributed by atoms with Crippen LogP contribution in [0.2, 0.25) is 0 Å². The molecule has 0 radical (unpaired) electrons. The molecule has 1 aliphatic rings. The lowest BCUT2D eigenvalue weighted by atomic mass is 10.1. The summed E-state index contributed by atoms with van der Waals surface area (Å²) < 4.78 is 12.5. The summed E-state index contributed by atoms with van der Waals surface area (Å²) in [5.41, 5.74) is 0. The average Bonchev–Trinajstić information content (AvgIpc) is 3.19. The van der Waals surface area contributed by atoms with Crippen molar-refractivity contribution in [1.29, 1.82) is 0 Å². The highest BCUT2D eigenvalue weighted by molar-refractivity contribution is 7.10. The number of ether oxygens (including phenoxy) is 2. The van der Waals surface area contributed by atoms with E-state index in [1.807, 2.05) is 4.68 Å². The van der Waals surface area contributed by atoms with Gasteiger partial charge >= 0.3 is 0 Å². The Morgan fingerprint density at radius 2 is 2.33 bits per heavy atom. The van der Waals surface area contributed by atoms with Crippen LogP contribution in [0.4, 0.5) is 0 Å². The van der Waals surface area contributed by atoms with Crippen molar-refractivity contribution >= 4 is 11.3 Å². The highest BCUT2D eigenvalue weighted by Gasteiger charge is 2.33. The average molecular weight is 310 g/mol. The van der Waals surface area contributed by atoms with Gasteiger partial charge in [-0.05, 0) is 21.9 Å². The fourth-order valence-electron chi connectivity index (χ4n) is 2.64. The van der Waals surface area contributed by atoms with Gasteiger partial charge in [0.05, 0.1) is 31.2 Å². The maximum Gasteiger partial charge on any atom is 0.215 e. The van der Waals surface area contributed by atoms with Crippen LogP contribution in [0.3, 0.4) is 0 Å². The predicted octanol–water partition coefficient (Wildman–Crippen LogP) is -0.614. The van der Waals surface area contributed by atoms with Crippen molar-refractivity contribution < 1.29 is 14.4 Å². The van der Waals surface area contributed by atoms with Gasteiger partial charge in [0.25, 0.3) is 0 Å². The first-order chi connectivity index (χ1) is 10.4. The van der Waals surface area contributed by atoms with Crippen molar-refractivity contribution in [3.05, 3.63) is 28.2 Å². The molecule has 0 bridgehead atoms. The first kappa shape index (κ1) is 14.6. The fourth-order valence-corrected chi connectivity index (χ4v) is 3.52. The standard InChI is InChI=1S/C13H19N5O2S/c1-19-7-6-18-13(14-15-16-18)12(11-3-2-10-21-11)17-4-8-20-9-5-17/h2-3,10,12H,4-9H2,1H3/p+1/t12-/m1/s1. The summed E-state index contributed by atoms with van der Waals surface area (Å²) in [6.45, 7) is 4.80. The minimum atomic E-state index is 0.167. The van der Waals surface area contributed by atoms with Crippen LogP contribution in [-0.4, -0.2) is 60.2 Å². The Labute approximate surface area is 127 Å². The Morgan fingerprint density at radius 3 is 3.05 bits per heavy atom. The third-order valence-electron chi connectivity index (χ3n) is 3.70. The molecule has 1 atom stereocenters. The summed E-state index contributed by atoms with van der Waals surface area (Å²) in [6.07, 6.45) is 0. The molecule has 21 heavy (non-hydrogen) atoms. The second kappa shape index (κ2) is 7.08. The van der Waals surface area contributed by atoms with E-state index in [0.29, 0.717) is 13.2 Å². The molecule has 1 aliphatic heterocycles. The molecule has 7 nitrogen and oxygen atoms in total. The molecular weight excluding hydrogens is 290 g/mol. The first-order valence-corrected chi connectivity index (χ1v) is 7.99. The molecular formula is C13H20N5O2S+. The monoisotopic (exact) mass is 310 g/mol. The van der Waals surface area contributed by atoms with Crippen LogP contribution in [-0.2, 0) is 16.0 Å². The molecule has 2 aromatic heterocycles. The van der Waals surface area contributed by atoms with Gasteiger partial charge in [0.2, 0.25) is 5.82 Å². The summed E-state index contributed by atoms with van der Waals surface area (Å²) >= 11 is 1.75. The van der Waals surface area contributed by atoms with E-state index in [9.17, 15) is 0 Å². The van der Waals surface area contributed by atoms with Crippen molar-refractivity contribution in [1.82, 2.24) is 20.2 Å². The van der Waals surface area contributed by atoms with Gasteiger partial charge in [-0.25, -0.2) is 4.68 Å². The van der Waals surface area contributed by atoms with E-state index in [0.717, 1.165) is 32.1 Å². The molecule has 0 aliphatic carbocycles. The molecule has 1 N–H and O–H groups in total. The quantitative estimate of drug-likeness (QED) is 0.771. The molecule has 0 unspecified atom stereocenters. The van der Waals surface area contributed by atoms with E-state index >= 15 is 0 Å². The number of morpholine rings is 1. The van der Waals surface area contributed by atoms with Gasteiger partial charge in [0.15, 0.2) is 6.04 Å². The number of tetrazole rings is 1. The summed E-state index contributed by atoms with van der Waals surface area (Å²) in [6, 6.07) is 4.41. The van der Waals surface area contributed by atoms with E-state index in [1.165, 1.54) is 9.78 Å². The van der Waals surface area contributed by atoms with E-state index in [2.05, 4.69) is 33.0 Å². The molecule has 8 heteroatoms. The summed E-state index contributed by atoms with van der Waals surface area (Å²) in [5, 5.41) is 14.4. The van der Waals surface area contributed by atoms with Crippen molar-refractivity contribution in [2.45, 2.75) is 12.6 Å². The van der Waals surface area contributed by atoms with Crippen LogP contribution in [0.25, 0.3) is 0 Å². The minimum Gasteiger partial charge on any atom is -0.383 e. The molecule has 0 aromatic carbocycles. The van der Waals surface area contributed by atoms with Crippen LogP contribution >= 0.6 is 11.3 Å². The zero-order valence-corrected chi connectivity index (χ0v) is 12.9. The number of hydrogen-bond donors (Lipinski definition) is 1. The van der Waals surface area contributed by atoms with Crippen molar-refractivity contribution in [3.8, 4) is 0 Å². The smallest absolute Gasteiger partial charge is 0.215 e. The number of nitrogens with zero attached hydrogens (tertiary/aromatic N) is 4. The highest BCUT2D eigenvalue weighted by Crippen LogP contribution is 2.22. The summed E-state index contributed by atoms with van der Waals surface area (Å²) in [7, 11) is 1.69. The van der Waals surface area contributed by atoms with Crippen LogP contribution in [0.1, 0.15) is 16.7 Å². The Balaban J connectivity index is 1.89.